The second kappa shape index (κ2) is 10.2. The summed E-state index contributed by atoms with van der Waals surface area (Å²) < 4.78 is 17.3. The number of hydrogen-bond donors (Lipinski definition) is 3. The van der Waals surface area contributed by atoms with Crippen molar-refractivity contribution in [1.82, 2.24) is 14.8 Å². The third-order valence-corrected chi connectivity index (χ3v) is 6.83. The maximum Gasteiger partial charge on any atom is 0.470 e. The Morgan fingerprint density at radius 2 is 1.91 bits per heavy atom. The summed E-state index contributed by atoms with van der Waals surface area (Å²) in [5.41, 5.74) is 2.34. The first-order valence-corrected chi connectivity index (χ1v) is 13.0. The van der Waals surface area contributed by atoms with Crippen molar-refractivity contribution in [3.8, 4) is 5.69 Å². The number of fused-ring (bicyclic) bond motifs is 3. The molecule has 0 aliphatic carbocycles. The Kier molecular flexibility index (Phi) is 7.44. The molecule has 0 radical (unpaired) electrons. The standard InChI is InChI=1S/C20H17Cl2N4O6PS/c21-11-5-7-16-13(9-11)18(12-3-1-2-4-14(12)22)23-15(6-8-17(27)28)19-24-25-20(26(16)19)34-10-32-33(29,30)31/h1-5,7,9,15H,6,8,10H2,(H,27,28)(H2,29,30,31)/t15-/m0/s1. The second-order valence-corrected chi connectivity index (χ2v) is 10.1. The highest BCUT2D eigenvalue weighted by molar-refractivity contribution is 7.99. The van der Waals surface area contributed by atoms with Crippen molar-refractivity contribution >= 4 is 54.5 Å². The summed E-state index contributed by atoms with van der Waals surface area (Å²) in [5.74, 6) is -1.01. The number of carboxylic acids is 1. The number of phosphoric ester groups is 1. The fraction of sp³-hybridized carbons (Fsp3) is 0.200. The van der Waals surface area contributed by atoms with Crippen molar-refractivity contribution in [2.24, 2.45) is 4.99 Å². The van der Waals surface area contributed by atoms with Crippen molar-refractivity contribution in [3.05, 3.63) is 69.5 Å². The van der Waals surface area contributed by atoms with E-state index in [9.17, 15) is 14.5 Å². The van der Waals surface area contributed by atoms with Gasteiger partial charge in [-0.25, -0.2) is 4.57 Å². The van der Waals surface area contributed by atoms with Crippen molar-refractivity contribution in [2.45, 2.75) is 24.0 Å². The topological polar surface area (TPSA) is 147 Å². The van der Waals surface area contributed by atoms with Crippen LogP contribution in [0.3, 0.4) is 0 Å². The van der Waals surface area contributed by atoms with Gasteiger partial charge in [-0.15, -0.1) is 10.2 Å². The normalized spacial score (nSPS) is 15.3. The molecule has 178 valence electrons. The van der Waals surface area contributed by atoms with E-state index in [1.807, 2.05) is 6.07 Å². The monoisotopic (exact) mass is 542 g/mol. The Morgan fingerprint density at radius 3 is 2.62 bits per heavy atom. The molecule has 2 heterocycles. The first-order valence-electron chi connectivity index (χ1n) is 9.77. The van der Waals surface area contributed by atoms with Crippen LogP contribution in [0.5, 0.6) is 0 Å². The van der Waals surface area contributed by atoms with E-state index >= 15 is 0 Å². The molecule has 2 aromatic carbocycles. The lowest BCUT2D eigenvalue weighted by molar-refractivity contribution is -0.137. The number of aromatic nitrogens is 3. The molecule has 14 heteroatoms. The largest absolute Gasteiger partial charge is 0.481 e. The number of carboxylic acid groups (broad SMARTS) is 1. The van der Waals surface area contributed by atoms with Crippen LogP contribution >= 0.6 is 42.8 Å². The van der Waals surface area contributed by atoms with Crippen molar-refractivity contribution in [2.75, 3.05) is 5.94 Å². The van der Waals surface area contributed by atoms with Gasteiger partial charge in [-0.05, 0) is 30.7 Å². The van der Waals surface area contributed by atoms with E-state index in [1.165, 1.54) is 0 Å². The van der Waals surface area contributed by atoms with Crippen LogP contribution in [0.15, 0.2) is 52.6 Å². The van der Waals surface area contributed by atoms with Gasteiger partial charge in [-0.3, -0.25) is 18.9 Å². The van der Waals surface area contributed by atoms with Crippen LogP contribution in [0.2, 0.25) is 10.0 Å². The smallest absolute Gasteiger partial charge is 0.470 e. The molecule has 1 aromatic heterocycles. The predicted molar refractivity (Wildman–Crippen MR) is 127 cm³/mol. The fourth-order valence-electron chi connectivity index (χ4n) is 3.46. The van der Waals surface area contributed by atoms with Gasteiger partial charge in [-0.1, -0.05) is 53.2 Å². The van der Waals surface area contributed by atoms with Gasteiger partial charge >= 0.3 is 13.8 Å². The highest BCUT2D eigenvalue weighted by Gasteiger charge is 2.30. The first-order chi connectivity index (χ1) is 16.1. The first kappa shape index (κ1) is 24.9. The molecule has 0 fully saturated rings. The molecule has 3 aromatic rings. The molecule has 1 aliphatic rings. The van der Waals surface area contributed by atoms with Crippen LogP contribution in [-0.2, 0) is 13.9 Å². The van der Waals surface area contributed by atoms with Gasteiger partial charge < -0.3 is 14.9 Å². The SMILES string of the molecule is O=C(O)CC[C@@H]1N=C(c2ccccc2Cl)c2cc(Cl)ccc2-n2c(SCOP(=O)(O)O)nnc21. The number of carbonyl (C=O) groups is 1. The zero-order valence-electron chi connectivity index (χ0n) is 17.2. The lowest BCUT2D eigenvalue weighted by Crippen LogP contribution is -2.08. The van der Waals surface area contributed by atoms with Gasteiger partial charge in [0.1, 0.15) is 12.0 Å². The number of nitrogens with zero attached hydrogens (tertiary/aromatic N) is 4. The average molecular weight is 543 g/mol. The summed E-state index contributed by atoms with van der Waals surface area (Å²) >= 11 is 13.7. The Morgan fingerprint density at radius 1 is 1.15 bits per heavy atom. The quantitative estimate of drug-likeness (QED) is 0.212. The predicted octanol–water partition coefficient (Wildman–Crippen LogP) is 4.49. The molecular formula is C20H17Cl2N4O6PS. The van der Waals surface area contributed by atoms with Crippen LogP contribution in [0.25, 0.3) is 5.69 Å². The summed E-state index contributed by atoms with van der Waals surface area (Å²) in [6.45, 7) is 0. The minimum atomic E-state index is -4.68. The molecule has 0 unspecified atom stereocenters. The Balaban J connectivity index is 1.89. The van der Waals surface area contributed by atoms with Gasteiger partial charge in [0, 0.05) is 27.6 Å². The van der Waals surface area contributed by atoms with Crippen LogP contribution in [0.4, 0.5) is 0 Å². The fourth-order valence-corrected chi connectivity index (χ4v) is 5.14. The molecule has 4 rings (SSSR count). The number of rotatable bonds is 8. The lowest BCUT2D eigenvalue weighted by Gasteiger charge is -2.14. The number of phosphoric acid groups is 1. The molecule has 0 amide bonds. The van der Waals surface area contributed by atoms with Gasteiger partial charge in [0.05, 0.1) is 11.4 Å². The summed E-state index contributed by atoms with van der Waals surface area (Å²) in [6.07, 6.45) is -0.0372. The zero-order chi connectivity index (χ0) is 24.5. The molecule has 0 saturated carbocycles. The number of aliphatic carboxylic acids is 1. The van der Waals surface area contributed by atoms with E-state index in [0.29, 0.717) is 38.4 Å². The van der Waals surface area contributed by atoms with Gasteiger partial charge in [0.2, 0.25) is 0 Å². The lowest BCUT2D eigenvalue weighted by atomic mass is 10.00. The molecule has 34 heavy (non-hydrogen) atoms. The van der Waals surface area contributed by atoms with Crippen LogP contribution in [-0.4, -0.2) is 47.3 Å². The van der Waals surface area contributed by atoms with Crippen molar-refractivity contribution in [3.63, 3.8) is 0 Å². The van der Waals surface area contributed by atoms with E-state index in [4.69, 9.17) is 38.0 Å². The Bertz CT molecular complexity index is 1330. The summed E-state index contributed by atoms with van der Waals surface area (Å²) in [7, 11) is -4.68. The highest BCUT2D eigenvalue weighted by Crippen LogP contribution is 2.40. The number of thioether (sulfide) groups is 1. The van der Waals surface area contributed by atoms with E-state index < -0.39 is 19.8 Å². The number of benzene rings is 2. The van der Waals surface area contributed by atoms with Crippen molar-refractivity contribution < 1.29 is 28.8 Å². The minimum absolute atomic E-state index is 0.132. The molecule has 1 atom stereocenters. The summed E-state index contributed by atoms with van der Waals surface area (Å²) in [5, 5.41) is 18.8. The van der Waals surface area contributed by atoms with Gasteiger partial charge in [0.15, 0.2) is 11.0 Å². The average Bonchev–Trinajstić information content (AvgIpc) is 3.11. The minimum Gasteiger partial charge on any atom is -0.481 e. The number of halogens is 2. The zero-order valence-corrected chi connectivity index (χ0v) is 20.4. The van der Waals surface area contributed by atoms with Crippen LogP contribution in [0.1, 0.15) is 35.8 Å². The third-order valence-electron chi connectivity index (χ3n) is 4.87. The Hall–Kier alpha value is -2.24. The third kappa shape index (κ3) is 5.52. The molecule has 0 spiro atoms. The Labute approximate surface area is 207 Å². The van der Waals surface area contributed by atoms with E-state index in [1.54, 1.807) is 41.0 Å². The molecule has 0 saturated heterocycles. The summed E-state index contributed by atoms with van der Waals surface area (Å²) in [4.78, 5) is 34.2. The van der Waals surface area contributed by atoms with Gasteiger partial charge in [-0.2, -0.15) is 0 Å². The van der Waals surface area contributed by atoms with E-state index in [-0.39, 0.29) is 23.9 Å². The van der Waals surface area contributed by atoms with Crippen molar-refractivity contribution in [1.29, 1.82) is 0 Å². The van der Waals surface area contributed by atoms with E-state index in [2.05, 4.69) is 14.7 Å². The molecule has 10 nitrogen and oxygen atoms in total. The van der Waals surface area contributed by atoms with E-state index in [0.717, 1.165) is 11.8 Å². The van der Waals surface area contributed by atoms with Crippen LogP contribution < -0.4 is 0 Å². The molecule has 0 bridgehead atoms. The number of hydrogen-bond acceptors (Lipinski definition) is 7. The maximum absolute atomic E-state index is 11.3. The molecule has 1 aliphatic heterocycles. The maximum atomic E-state index is 11.3. The number of aliphatic imine (C=N–C) groups is 1. The summed E-state index contributed by atoms with van der Waals surface area (Å²) in [6, 6.07) is 11.6. The second-order valence-electron chi connectivity index (χ2n) is 7.13. The van der Waals surface area contributed by atoms with Gasteiger partial charge in [0.25, 0.3) is 0 Å². The molecular weight excluding hydrogens is 526 g/mol. The van der Waals surface area contributed by atoms with Crippen LogP contribution in [0, 0.1) is 0 Å². The highest BCUT2D eigenvalue weighted by atomic mass is 35.5. The molecule has 3 N–H and O–H groups in total.